The second kappa shape index (κ2) is 7.21. The minimum Gasteiger partial charge on any atom is -0.368 e. The van der Waals surface area contributed by atoms with Crippen LogP contribution in [-0.4, -0.2) is 24.7 Å². The van der Waals surface area contributed by atoms with Crippen molar-refractivity contribution in [3.8, 4) is 17.7 Å². The first-order valence-corrected chi connectivity index (χ1v) is 9.45. The van der Waals surface area contributed by atoms with E-state index >= 15 is 0 Å². The number of nitrogen functional groups attached to an aromatic ring is 1. The number of nitrogens with two attached hydrogens (primary N) is 1. The Morgan fingerprint density at radius 2 is 1.76 bits per heavy atom. The summed E-state index contributed by atoms with van der Waals surface area (Å²) < 4.78 is 1.86. The molecule has 29 heavy (non-hydrogen) atoms. The highest BCUT2D eigenvalue weighted by Gasteiger charge is 2.27. The Hall–Kier alpha value is -3.98. The Labute approximate surface area is 168 Å². The average molecular weight is 378 g/mol. The van der Waals surface area contributed by atoms with E-state index < -0.39 is 0 Å². The van der Waals surface area contributed by atoms with Crippen LogP contribution in [0, 0.1) is 11.8 Å². The maximum atomic E-state index is 5.51. The van der Waals surface area contributed by atoms with Crippen LogP contribution in [0.4, 0.5) is 5.95 Å². The minimum absolute atomic E-state index is 0.238. The lowest BCUT2D eigenvalue weighted by Gasteiger charge is -2.09. The predicted octanol–water partition coefficient (Wildman–Crippen LogP) is 3.12. The van der Waals surface area contributed by atoms with Gasteiger partial charge in [0.15, 0.2) is 5.82 Å². The molecule has 0 bridgehead atoms. The van der Waals surface area contributed by atoms with Crippen LogP contribution in [0.1, 0.15) is 40.3 Å². The predicted molar refractivity (Wildman–Crippen MR) is 110 cm³/mol. The fourth-order valence-electron chi connectivity index (χ4n) is 3.64. The molecule has 0 radical (unpaired) electrons. The van der Waals surface area contributed by atoms with Crippen LogP contribution in [0.25, 0.3) is 5.82 Å². The average Bonchev–Trinajstić information content (AvgIpc) is 3.35. The fraction of sp³-hybridized carbons (Fsp3) is 0.130. The molecule has 1 aliphatic carbocycles. The number of hydrogen-bond acceptors (Lipinski definition) is 5. The van der Waals surface area contributed by atoms with Crippen molar-refractivity contribution in [2.45, 2.75) is 18.8 Å². The van der Waals surface area contributed by atoms with Gasteiger partial charge in [-0.1, -0.05) is 42.2 Å². The van der Waals surface area contributed by atoms with E-state index in [9.17, 15) is 0 Å². The molecule has 4 aromatic rings. The monoisotopic (exact) mass is 378 g/mol. The highest BCUT2D eigenvalue weighted by Crippen LogP contribution is 2.37. The number of nitrogens with zero attached hydrogens (tertiary/aromatic N) is 5. The summed E-state index contributed by atoms with van der Waals surface area (Å²) in [5.41, 5.74) is 10.8. The molecule has 1 unspecified atom stereocenters. The van der Waals surface area contributed by atoms with Gasteiger partial charge in [0, 0.05) is 36.3 Å². The zero-order chi connectivity index (χ0) is 19.6. The normalized spacial score (nSPS) is 14.8. The molecule has 1 aliphatic rings. The Balaban J connectivity index is 1.43. The van der Waals surface area contributed by atoms with E-state index in [0.717, 1.165) is 29.9 Å². The zero-order valence-corrected chi connectivity index (χ0v) is 15.7. The van der Waals surface area contributed by atoms with E-state index in [0.29, 0.717) is 11.5 Å². The number of pyridine rings is 1. The number of aryl methyl sites for hydroxylation is 1. The van der Waals surface area contributed by atoms with Crippen LogP contribution in [0.15, 0.2) is 67.3 Å². The minimum atomic E-state index is 0.238. The molecule has 5 rings (SSSR count). The summed E-state index contributed by atoms with van der Waals surface area (Å²) in [7, 11) is 0. The number of fused-ring (bicyclic) bond motifs is 1. The Morgan fingerprint density at radius 3 is 2.59 bits per heavy atom. The summed E-state index contributed by atoms with van der Waals surface area (Å²) in [6.45, 7) is 0. The van der Waals surface area contributed by atoms with Crippen molar-refractivity contribution in [1.29, 1.82) is 0 Å². The van der Waals surface area contributed by atoms with Crippen LogP contribution < -0.4 is 5.73 Å². The van der Waals surface area contributed by atoms with Gasteiger partial charge < -0.3 is 5.73 Å². The number of aromatic nitrogens is 5. The summed E-state index contributed by atoms with van der Waals surface area (Å²) in [4.78, 5) is 12.4. The number of rotatable bonds is 2. The Bertz CT molecular complexity index is 1220. The summed E-state index contributed by atoms with van der Waals surface area (Å²) in [5.74, 6) is 7.51. The van der Waals surface area contributed by atoms with Gasteiger partial charge in [-0.2, -0.15) is 5.10 Å². The third-order valence-electron chi connectivity index (χ3n) is 5.06. The van der Waals surface area contributed by atoms with Crippen molar-refractivity contribution < 1.29 is 0 Å². The molecule has 0 spiro atoms. The molecular weight excluding hydrogens is 360 g/mol. The highest BCUT2D eigenvalue weighted by molar-refractivity contribution is 5.45. The summed E-state index contributed by atoms with van der Waals surface area (Å²) in [5, 5.41) is 4.86. The number of benzene rings is 1. The molecule has 0 saturated heterocycles. The fourth-order valence-corrected chi connectivity index (χ4v) is 3.64. The van der Waals surface area contributed by atoms with Crippen molar-refractivity contribution in [3.05, 3.63) is 95.2 Å². The molecule has 1 atom stereocenters. The van der Waals surface area contributed by atoms with Gasteiger partial charge in [0.25, 0.3) is 0 Å². The van der Waals surface area contributed by atoms with Gasteiger partial charge in [0.2, 0.25) is 5.95 Å². The summed E-state index contributed by atoms with van der Waals surface area (Å²) >= 11 is 0. The van der Waals surface area contributed by atoms with Gasteiger partial charge in [0.1, 0.15) is 0 Å². The Kier molecular flexibility index (Phi) is 4.26. The van der Waals surface area contributed by atoms with E-state index in [-0.39, 0.29) is 5.95 Å². The van der Waals surface area contributed by atoms with Crippen LogP contribution in [-0.2, 0) is 6.42 Å². The molecule has 6 heteroatoms. The van der Waals surface area contributed by atoms with Gasteiger partial charge in [-0.15, -0.1) is 0 Å². The van der Waals surface area contributed by atoms with E-state index in [2.05, 4.69) is 57.3 Å². The number of hydrogen-bond donors (Lipinski definition) is 1. The second-order valence-corrected chi connectivity index (χ2v) is 6.97. The number of anilines is 1. The maximum absolute atomic E-state index is 5.51. The van der Waals surface area contributed by atoms with E-state index in [1.165, 1.54) is 11.1 Å². The van der Waals surface area contributed by atoms with Crippen molar-refractivity contribution in [3.63, 3.8) is 0 Å². The van der Waals surface area contributed by atoms with Gasteiger partial charge in [0.05, 0.1) is 11.3 Å². The van der Waals surface area contributed by atoms with E-state index in [4.69, 9.17) is 10.8 Å². The van der Waals surface area contributed by atoms with Crippen LogP contribution >= 0.6 is 0 Å². The smallest absolute Gasteiger partial charge is 0.219 e. The van der Waals surface area contributed by atoms with Crippen LogP contribution in [0.2, 0.25) is 0 Å². The molecule has 2 N–H and O–H groups in total. The second-order valence-electron chi connectivity index (χ2n) is 6.97. The van der Waals surface area contributed by atoms with Gasteiger partial charge >= 0.3 is 0 Å². The van der Waals surface area contributed by atoms with E-state index in [1.807, 2.05) is 22.9 Å². The SMILES string of the molecule is Nc1ncc(C#Cc2ccnc(-n3cc4c(n3)C(c3ccccc3)CC4)c2)cn1. The molecule has 6 nitrogen and oxygen atoms in total. The van der Waals surface area contributed by atoms with Gasteiger partial charge in [-0.25, -0.2) is 19.6 Å². The molecule has 0 aliphatic heterocycles. The zero-order valence-electron chi connectivity index (χ0n) is 15.7. The first-order valence-electron chi connectivity index (χ1n) is 9.45. The largest absolute Gasteiger partial charge is 0.368 e. The van der Waals surface area contributed by atoms with Crippen LogP contribution in [0.5, 0.6) is 0 Å². The van der Waals surface area contributed by atoms with Crippen molar-refractivity contribution in [2.24, 2.45) is 0 Å². The molecule has 1 aromatic carbocycles. The van der Waals surface area contributed by atoms with Crippen molar-refractivity contribution in [2.75, 3.05) is 5.73 Å². The van der Waals surface area contributed by atoms with E-state index in [1.54, 1.807) is 18.6 Å². The van der Waals surface area contributed by atoms with Gasteiger partial charge in [-0.3, -0.25) is 0 Å². The third-order valence-corrected chi connectivity index (χ3v) is 5.06. The molecular formula is C23H18N6. The third kappa shape index (κ3) is 3.46. The standard InChI is InChI=1S/C23H18N6/c24-23-26-13-17(14-27-23)7-6-16-10-11-25-21(12-16)29-15-19-8-9-20(22(19)28-29)18-4-2-1-3-5-18/h1-5,10-15,20H,8-9H2,(H2,24,26,27). The summed E-state index contributed by atoms with van der Waals surface area (Å²) in [6.07, 6.45) is 9.20. The first kappa shape index (κ1) is 17.1. The molecule has 3 heterocycles. The molecule has 3 aromatic heterocycles. The van der Waals surface area contributed by atoms with Gasteiger partial charge in [-0.05, 0) is 36.1 Å². The molecule has 0 saturated carbocycles. The molecule has 0 fully saturated rings. The molecule has 140 valence electrons. The molecule has 0 amide bonds. The summed E-state index contributed by atoms with van der Waals surface area (Å²) in [6, 6.07) is 14.4. The maximum Gasteiger partial charge on any atom is 0.219 e. The lowest BCUT2D eigenvalue weighted by atomic mass is 9.97. The first-order chi connectivity index (χ1) is 14.3. The van der Waals surface area contributed by atoms with Crippen molar-refractivity contribution >= 4 is 5.95 Å². The topological polar surface area (TPSA) is 82.5 Å². The Morgan fingerprint density at radius 1 is 0.966 bits per heavy atom. The van der Waals surface area contributed by atoms with Crippen molar-refractivity contribution in [1.82, 2.24) is 24.7 Å². The lowest BCUT2D eigenvalue weighted by Crippen LogP contribution is -2.03. The highest BCUT2D eigenvalue weighted by atomic mass is 15.3. The van der Waals surface area contributed by atoms with Crippen LogP contribution in [0.3, 0.4) is 0 Å². The lowest BCUT2D eigenvalue weighted by molar-refractivity contribution is 0.720. The quantitative estimate of drug-likeness (QED) is 0.542.